The Bertz CT molecular complexity index is 924. The van der Waals surface area contributed by atoms with Crippen LogP contribution in [0.1, 0.15) is 24.8 Å². The molecule has 0 bridgehead atoms. The molecule has 1 saturated heterocycles. The van der Waals surface area contributed by atoms with Gasteiger partial charge in [0.1, 0.15) is 0 Å². The summed E-state index contributed by atoms with van der Waals surface area (Å²) in [4.78, 5) is 14.5. The molecule has 8 heteroatoms. The Labute approximate surface area is 164 Å². The molecule has 1 aliphatic heterocycles. The minimum Gasteiger partial charge on any atom is -0.370 e. The lowest BCUT2D eigenvalue weighted by molar-refractivity contribution is -0.115. The van der Waals surface area contributed by atoms with Crippen molar-refractivity contribution in [3.63, 3.8) is 0 Å². The number of nitrogens with two attached hydrogens (primary N) is 1. The molecule has 144 valence electrons. The Kier molecular flexibility index (Phi) is 6.04. The van der Waals surface area contributed by atoms with Crippen molar-refractivity contribution in [2.45, 2.75) is 30.6 Å². The van der Waals surface area contributed by atoms with E-state index in [1.54, 1.807) is 18.2 Å². The quantitative estimate of drug-likeness (QED) is 0.796. The van der Waals surface area contributed by atoms with Gasteiger partial charge in [0.2, 0.25) is 15.9 Å². The van der Waals surface area contributed by atoms with Crippen LogP contribution in [0.2, 0.25) is 5.02 Å². The fourth-order valence-electron chi connectivity index (χ4n) is 3.16. The molecule has 1 aliphatic rings. The molecule has 0 aromatic heterocycles. The predicted octanol–water partition coefficient (Wildman–Crippen LogP) is 3.16. The largest absolute Gasteiger partial charge is 0.370 e. The van der Waals surface area contributed by atoms with Crippen LogP contribution >= 0.6 is 11.6 Å². The Balaban J connectivity index is 1.63. The van der Waals surface area contributed by atoms with Gasteiger partial charge in [-0.1, -0.05) is 23.7 Å². The van der Waals surface area contributed by atoms with Crippen molar-refractivity contribution in [2.75, 3.05) is 23.3 Å². The smallest absolute Gasteiger partial charge is 0.238 e. The molecular formula is C19H22ClN3O3S. The number of rotatable bonds is 5. The maximum Gasteiger partial charge on any atom is 0.238 e. The SMILES string of the molecule is NS(=O)(=O)c1ccc(CC(=O)Nc2ccc(N3CCCCC3)c(Cl)c2)cc1. The van der Waals surface area contributed by atoms with Crippen LogP contribution in [0.3, 0.4) is 0 Å². The van der Waals surface area contributed by atoms with Gasteiger partial charge < -0.3 is 10.2 Å². The van der Waals surface area contributed by atoms with E-state index in [2.05, 4.69) is 10.2 Å². The molecule has 0 radical (unpaired) electrons. The number of nitrogens with one attached hydrogen (secondary N) is 1. The molecule has 1 amide bonds. The van der Waals surface area contributed by atoms with Crippen molar-refractivity contribution < 1.29 is 13.2 Å². The van der Waals surface area contributed by atoms with Crippen molar-refractivity contribution in [3.05, 3.63) is 53.1 Å². The topological polar surface area (TPSA) is 92.5 Å². The minimum absolute atomic E-state index is 0.0201. The van der Waals surface area contributed by atoms with Crippen LogP contribution in [-0.4, -0.2) is 27.4 Å². The fourth-order valence-corrected chi connectivity index (χ4v) is 3.98. The lowest BCUT2D eigenvalue weighted by Gasteiger charge is -2.29. The highest BCUT2D eigenvalue weighted by Gasteiger charge is 2.15. The summed E-state index contributed by atoms with van der Waals surface area (Å²) in [7, 11) is -3.73. The first-order valence-corrected chi connectivity index (χ1v) is 10.7. The van der Waals surface area contributed by atoms with E-state index >= 15 is 0 Å². The van der Waals surface area contributed by atoms with Gasteiger partial charge in [0.15, 0.2) is 0 Å². The third kappa shape index (κ3) is 5.22. The number of carbonyl (C=O) groups is 1. The van der Waals surface area contributed by atoms with Crippen LogP contribution in [0.5, 0.6) is 0 Å². The van der Waals surface area contributed by atoms with Crippen LogP contribution in [-0.2, 0) is 21.2 Å². The molecule has 1 fully saturated rings. The van der Waals surface area contributed by atoms with E-state index in [0.29, 0.717) is 16.3 Å². The molecule has 0 saturated carbocycles. The van der Waals surface area contributed by atoms with Gasteiger partial charge in [0.25, 0.3) is 0 Å². The molecule has 2 aromatic carbocycles. The normalized spacial score (nSPS) is 14.8. The predicted molar refractivity (Wildman–Crippen MR) is 108 cm³/mol. The Hall–Kier alpha value is -2.09. The highest BCUT2D eigenvalue weighted by Crippen LogP contribution is 2.30. The molecule has 6 nitrogen and oxygen atoms in total. The number of piperidine rings is 1. The number of sulfonamides is 1. The second kappa shape index (κ2) is 8.29. The average Bonchev–Trinajstić information content (AvgIpc) is 2.62. The van der Waals surface area contributed by atoms with Crippen LogP contribution in [0, 0.1) is 0 Å². The van der Waals surface area contributed by atoms with E-state index in [9.17, 15) is 13.2 Å². The van der Waals surface area contributed by atoms with Gasteiger partial charge >= 0.3 is 0 Å². The highest BCUT2D eigenvalue weighted by atomic mass is 35.5. The third-order valence-corrected chi connectivity index (χ3v) is 5.78. The monoisotopic (exact) mass is 407 g/mol. The van der Waals surface area contributed by atoms with Crippen LogP contribution < -0.4 is 15.4 Å². The van der Waals surface area contributed by atoms with Gasteiger partial charge in [0, 0.05) is 18.8 Å². The molecule has 0 spiro atoms. The van der Waals surface area contributed by atoms with Crippen LogP contribution in [0.25, 0.3) is 0 Å². The van der Waals surface area contributed by atoms with E-state index in [4.69, 9.17) is 16.7 Å². The van der Waals surface area contributed by atoms with E-state index in [0.717, 1.165) is 18.8 Å². The van der Waals surface area contributed by atoms with Gasteiger partial charge in [-0.2, -0.15) is 0 Å². The van der Waals surface area contributed by atoms with Crippen molar-refractivity contribution in [1.82, 2.24) is 0 Å². The first-order valence-electron chi connectivity index (χ1n) is 8.79. The lowest BCUT2D eigenvalue weighted by atomic mass is 10.1. The second-order valence-corrected chi connectivity index (χ2v) is 8.60. The summed E-state index contributed by atoms with van der Waals surface area (Å²) < 4.78 is 22.5. The Morgan fingerprint density at radius 2 is 1.74 bits per heavy atom. The molecular weight excluding hydrogens is 386 g/mol. The molecule has 3 N–H and O–H groups in total. The summed E-state index contributed by atoms with van der Waals surface area (Å²) in [5.74, 6) is -0.208. The average molecular weight is 408 g/mol. The number of nitrogens with zero attached hydrogens (tertiary/aromatic N) is 1. The number of primary sulfonamides is 1. The fraction of sp³-hybridized carbons (Fsp3) is 0.316. The molecule has 0 aliphatic carbocycles. The zero-order valence-electron chi connectivity index (χ0n) is 14.8. The summed E-state index contributed by atoms with van der Waals surface area (Å²) >= 11 is 6.40. The van der Waals surface area contributed by atoms with E-state index < -0.39 is 10.0 Å². The number of hydrogen-bond donors (Lipinski definition) is 2. The van der Waals surface area contributed by atoms with Gasteiger partial charge in [0.05, 0.1) is 22.0 Å². The molecule has 3 rings (SSSR count). The molecule has 27 heavy (non-hydrogen) atoms. The number of benzene rings is 2. The zero-order chi connectivity index (χ0) is 19.4. The molecule has 0 atom stereocenters. The molecule has 0 unspecified atom stereocenters. The summed E-state index contributed by atoms with van der Waals surface area (Å²) in [5, 5.41) is 8.51. The van der Waals surface area contributed by atoms with Gasteiger partial charge in [-0.3, -0.25) is 4.79 Å². The van der Waals surface area contributed by atoms with E-state index in [-0.39, 0.29) is 17.2 Å². The number of anilines is 2. The highest BCUT2D eigenvalue weighted by molar-refractivity contribution is 7.89. The number of hydrogen-bond acceptors (Lipinski definition) is 4. The van der Waals surface area contributed by atoms with Crippen molar-refractivity contribution in [2.24, 2.45) is 5.14 Å². The summed E-state index contributed by atoms with van der Waals surface area (Å²) in [5.41, 5.74) is 2.32. The number of amides is 1. The zero-order valence-corrected chi connectivity index (χ0v) is 16.4. The first-order chi connectivity index (χ1) is 12.8. The third-order valence-electron chi connectivity index (χ3n) is 4.54. The summed E-state index contributed by atoms with van der Waals surface area (Å²) in [6, 6.07) is 11.5. The second-order valence-electron chi connectivity index (χ2n) is 6.63. The van der Waals surface area contributed by atoms with Crippen LogP contribution in [0.15, 0.2) is 47.4 Å². The van der Waals surface area contributed by atoms with Crippen molar-refractivity contribution in [3.8, 4) is 0 Å². The summed E-state index contributed by atoms with van der Waals surface area (Å²) in [6.45, 7) is 2.00. The van der Waals surface area contributed by atoms with E-state index in [1.807, 2.05) is 12.1 Å². The minimum atomic E-state index is -3.73. The van der Waals surface area contributed by atoms with Crippen LogP contribution in [0.4, 0.5) is 11.4 Å². The maximum absolute atomic E-state index is 12.3. The van der Waals surface area contributed by atoms with Gasteiger partial charge in [-0.25, -0.2) is 13.6 Å². The Morgan fingerprint density at radius 3 is 2.33 bits per heavy atom. The Morgan fingerprint density at radius 1 is 1.07 bits per heavy atom. The van der Waals surface area contributed by atoms with Gasteiger partial charge in [-0.15, -0.1) is 0 Å². The number of halogens is 1. The summed E-state index contributed by atoms with van der Waals surface area (Å²) in [6.07, 6.45) is 3.70. The number of carbonyl (C=O) groups excluding carboxylic acids is 1. The van der Waals surface area contributed by atoms with Crippen molar-refractivity contribution >= 4 is 38.9 Å². The van der Waals surface area contributed by atoms with E-state index in [1.165, 1.54) is 31.4 Å². The molecule has 2 aromatic rings. The maximum atomic E-state index is 12.3. The first kappa shape index (κ1) is 19.7. The molecule has 1 heterocycles. The lowest BCUT2D eigenvalue weighted by Crippen LogP contribution is -2.29. The van der Waals surface area contributed by atoms with Crippen molar-refractivity contribution in [1.29, 1.82) is 0 Å². The van der Waals surface area contributed by atoms with Gasteiger partial charge in [-0.05, 0) is 55.2 Å². The standard InChI is InChI=1S/C19H22ClN3O3S/c20-17-13-15(6-9-18(17)23-10-2-1-3-11-23)22-19(24)12-14-4-7-16(8-5-14)27(21,25)26/h4-9,13H,1-3,10-12H2,(H,22,24)(H2,21,25,26).